The standard InChI is InChI=1S/C15H23FN2O2S/c1-11-5-4-6-12(2)18(11)21(19,20)15-9-14(16)8-7-13(15)10-17-3/h7-9,11-12,17H,4-6,10H2,1-3H3. The third-order valence-electron chi connectivity index (χ3n) is 4.06. The Bertz CT molecular complexity index is 594. The zero-order valence-corrected chi connectivity index (χ0v) is 13.6. The Hall–Kier alpha value is -0.980. The van der Waals surface area contributed by atoms with Crippen molar-refractivity contribution in [1.82, 2.24) is 9.62 Å². The smallest absolute Gasteiger partial charge is 0.243 e. The first kappa shape index (κ1) is 16.4. The van der Waals surface area contributed by atoms with Crippen LogP contribution in [0, 0.1) is 5.82 Å². The summed E-state index contributed by atoms with van der Waals surface area (Å²) in [6, 6.07) is 3.87. The highest BCUT2D eigenvalue weighted by molar-refractivity contribution is 7.89. The lowest BCUT2D eigenvalue weighted by molar-refractivity contribution is 0.204. The van der Waals surface area contributed by atoms with Crippen LogP contribution in [0.3, 0.4) is 0 Å². The zero-order chi connectivity index (χ0) is 15.6. The van der Waals surface area contributed by atoms with Crippen molar-refractivity contribution in [3.05, 3.63) is 29.6 Å². The van der Waals surface area contributed by atoms with E-state index in [4.69, 9.17) is 0 Å². The van der Waals surface area contributed by atoms with Crippen LogP contribution in [-0.4, -0.2) is 31.9 Å². The lowest BCUT2D eigenvalue weighted by atomic mass is 10.0. The summed E-state index contributed by atoms with van der Waals surface area (Å²) in [5.41, 5.74) is 0.601. The van der Waals surface area contributed by atoms with Crippen molar-refractivity contribution in [3.8, 4) is 0 Å². The van der Waals surface area contributed by atoms with Crippen molar-refractivity contribution in [2.75, 3.05) is 7.05 Å². The maximum atomic E-state index is 13.6. The van der Waals surface area contributed by atoms with Crippen molar-refractivity contribution < 1.29 is 12.8 Å². The number of benzene rings is 1. The topological polar surface area (TPSA) is 49.4 Å². The number of nitrogens with zero attached hydrogens (tertiary/aromatic N) is 1. The zero-order valence-electron chi connectivity index (χ0n) is 12.8. The summed E-state index contributed by atoms with van der Waals surface area (Å²) in [5.74, 6) is -0.522. The summed E-state index contributed by atoms with van der Waals surface area (Å²) in [7, 11) is -1.94. The number of nitrogens with one attached hydrogen (secondary N) is 1. The van der Waals surface area contributed by atoms with Gasteiger partial charge in [0.05, 0.1) is 4.90 Å². The number of piperidine rings is 1. The number of sulfonamides is 1. The average Bonchev–Trinajstić information content (AvgIpc) is 2.40. The summed E-state index contributed by atoms with van der Waals surface area (Å²) in [5, 5.41) is 2.94. The minimum atomic E-state index is -3.68. The maximum absolute atomic E-state index is 13.6. The van der Waals surface area contributed by atoms with Crippen molar-refractivity contribution in [1.29, 1.82) is 0 Å². The monoisotopic (exact) mass is 314 g/mol. The van der Waals surface area contributed by atoms with Gasteiger partial charge in [0.1, 0.15) is 5.82 Å². The molecule has 0 bridgehead atoms. The second kappa shape index (κ2) is 6.42. The third kappa shape index (κ3) is 3.27. The van der Waals surface area contributed by atoms with Gasteiger partial charge in [0.2, 0.25) is 10.0 Å². The van der Waals surface area contributed by atoms with Gasteiger partial charge in [0.25, 0.3) is 0 Å². The molecule has 2 unspecified atom stereocenters. The van der Waals surface area contributed by atoms with E-state index in [2.05, 4.69) is 5.32 Å². The summed E-state index contributed by atoms with van der Waals surface area (Å²) in [4.78, 5) is 0.0810. The summed E-state index contributed by atoms with van der Waals surface area (Å²) < 4.78 is 41.1. The van der Waals surface area contributed by atoms with E-state index < -0.39 is 15.8 Å². The highest BCUT2D eigenvalue weighted by atomic mass is 32.2. The second-order valence-corrected chi connectivity index (χ2v) is 7.56. The Labute approximate surface area is 126 Å². The van der Waals surface area contributed by atoms with Crippen LogP contribution in [0.2, 0.25) is 0 Å². The van der Waals surface area contributed by atoms with E-state index in [-0.39, 0.29) is 17.0 Å². The summed E-state index contributed by atoms with van der Waals surface area (Å²) in [6.07, 6.45) is 2.72. The molecular formula is C15H23FN2O2S. The molecule has 0 saturated carbocycles. The first-order valence-corrected chi connectivity index (χ1v) is 8.78. The van der Waals surface area contributed by atoms with Crippen LogP contribution in [0.5, 0.6) is 0 Å². The molecule has 1 N–H and O–H groups in total. The molecule has 0 aliphatic carbocycles. The Morgan fingerprint density at radius 2 is 1.90 bits per heavy atom. The molecule has 2 atom stereocenters. The van der Waals surface area contributed by atoms with Crippen LogP contribution in [0.25, 0.3) is 0 Å². The SMILES string of the molecule is CNCc1ccc(F)cc1S(=O)(=O)N1C(C)CCCC1C. The lowest BCUT2D eigenvalue weighted by Gasteiger charge is -2.38. The van der Waals surface area contributed by atoms with Crippen LogP contribution >= 0.6 is 0 Å². The van der Waals surface area contributed by atoms with E-state index in [0.717, 1.165) is 25.3 Å². The van der Waals surface area contributed by atoms with Crippen LogP contribution in [0.15, 0.2) is 23.1 Å². The molecule has 2 rings (SSSR count). The van der Waals surface area contributed by atoms with E-state index >= 15 is 0 Å². The highest BCUT2D eigenvalue weighted by Crippen LogP contribution is 2.31. The van der Waals surface area contributed by atoms with Gasteiger partial charge in [0.15, 0.2) is 0 Å². The minimum Gasteiger partial charge on any atom is -0.316 e. The molecule has 0 spiro atoms. The number of rotatable bonds is 4. The maximum Gasteiger partial charge on any atom is 0.243 e. The second-order valence-electron chi connectivity index (χ2n) is 5.75. The van der Waals surface area contributed by atoms with Gasteiger partial charge < -0.3 is 5.32 Å². The molecule has 1 aromatic carbocycles. The molecule has 1 saturated heterocycles. The minimum absolute atomic E-state index is 0.0514. The Balaban J connectivity index is 2.50. The van der Waals surface area contributed by atoms with Gasteiger partial charge in [-0.3, -0.25) is 0 Å². The van der Waals surface area contributed by atoms with Crippen molar-refractivity contribution in [2.45, 2.75) is 56.6 Å². The van der Waals surface area contributed by atoms with Crippen molar-refractivity contribution in [3.63, 3.8) is 0 Å². The molecule has 1 aliphatic heterocycles. The average molecular weight is 314 g/mol. The van der Waals surface area contributed by atoms with Crippen molar-refractivity contribution >= 4 is 10.0 Å². The van der Waals surface area contributed by atoms with Crippen LogP contribution in [0.4, 0.5) is 4.39 Å². The van der Waals surface area contributed by atoms with E-state index in [1.54, 1.807) is 11.4 Å². The molecule has 1 aliphatic rings. The molecule has 6 heteroatoms. The van der Waals surface area contributed by atoms with Gasteiger partial charge in [0, 0.05) is 18.6 Å². The molecule has 0 radical (unpaired) electrons. The largest absolute Gasteiger partial charge is 0.316 e. The quantitative estimate of drug-likeness (QED) is 0.929. The molecule has 21 heavy (non-hydrogen) atoms. The van der Waals surface area contributed by atoms with Crippen LogP contribution in [-0.2, 0) is 16.6 Å². The predicted molar refractivity (Wildman–Crippen MR) is 81.0 cm³/mol. The lowest BCUT2D eigenvalue weighted by Crippen LogP contribution is -2.47. The number of hydrogen-bond donors (Lipinski definition) is 1. The van der Waals surface area contributed by atoms with Gasteiger partial charge in [-0.1, -0.05) is 12.5 Å². The molecule has 118 valence electrons. The molecule has 0 amide bonds. The van der Waals surface area contributed by atoms with Gasteiger partial charge in [-0.2, -0.15) is 4.31 Å². The predicted octanol–water partition coefficient (Wildman–Crippen LogP) is 2.50. The van der Waals surface area contributed by atoms with E-state index in [1.807, 2.05) is 13.8 Å². The molecule has 0 aromatic heterocycles. The normalized spacial score (nSPS) is 24.2. The number of hydrogen-bond acceptors (Lipinski definition) is 3. The van der Waals surface area contributed by atoms with Crippen LogP contribution in [0.1, 0.15) is 38.7 Å². The molecular weight excluding hydrogens is 291 g/mol. The first-order chi connectivity index (χ1) is 9.87. The Morgan fingerprint density at radius 3 is 2.48 bits per heavy atom. The first-order valence-electron chi connectivity index (χ1n) is 7.34. The van der Waals surface area contributed by atoms with Gasteiger partial charge in [-0.05, 0) is 51.4 Å². The van der Waals surface area contributed by atoms with E-state index in [9.17, 15) is 12.8 Å². The fourth-order valence-corrected chi connectivity index (χ4v) is 5.21. The summed E-state index contributed by atoms with van der Waals surface area (Å²) >= 11 is 0. The fraction of sp³-hybridized carbons (Fsp3) is 0.600. The molecule has 4 nitrogen and oxygen atoms in total. The van der Waals surface area contributed by atoms with Crippen molar-refractivity contribution in [2.24, 2.45) is 0 Å². The van der Waals surface area contributed by atoms with Gasteiger partial charge >= 0.3 is 0 Å². The summed E-state index contributed by atoms with van der Waals surface area (Å²) in [6.45, 7) is 4.24. The molecule has 1 fully saturated rings. The number of halogens is 1. The Kier molecular flexibility index (Phi) is 5.01. The van der Waals surface area contributed by atoms with E-state index in [0.29, 0.717) is 12.1 Å². The van der Waals surface area contributed by atoms with Gasteiger partial charge in [-0.25, -0.2) is 12.8 Å². The fourth-order valence-electron chi connectivity index (χ4n) is 3.09. The third-order valence-corrected chi connectivity index (χ3v) is 6.28. The van der Waals surface area contributed by atoms with Crippen LogP contribution < -0.4 is 5.32 Å². The molecule has 1 aromatic rings. The van der Waals surface area contributed by atoms with E-state index in [1.165, 1.54) is 12.1 Å². The van der Waals surface area contributed by atoms with Gasteiger partial charge in [-0.15, -0.1) is 0 Å². The Morgan fingerprint density at radius 1 is 1.29 bits per heavy atom. The molecule has 1 heterocycles. The highest BCUT2D eigenvalue weighted by Gasteiger charge is 2.36.